The number of aromatic nitrogens is 1. The Morgan fingerprint density at radius 3 is 2.92 bits per heavy atom. The summed E-state index contributed by atoms with van der Waals surface area (Å²) in [5.41, 5.74) is 5.65. The Morgan fingerprint density at radius 1 is 1.56 bits per heavy atom. The highest BCUT2D eigenvalue weighted by molar-refractivity contribution is 8.00. The Labute approximate surface area is 149 Å². The Morgan fingerprint density at radius 2 is 2.32 bits per heavy atom. The van der Waals surface area contributed by atoms with Crippen LogP contribution in [0.1, 0.15) is 5.69 Å². The lowest BCUT2D eigenvalue weighted by atomic mass is 10.0. The quantitative estimate of drug-likeness (QED) is 0.348. The second kappa shape index (κ2) is 6.72. The first-order valence-electron chi connectivity index (χ1n) is 6.96. The van der Waals surface area contributed by atoms with Gasteiger partial charge in [-0.1, -0.05) is 5.16 Å². The van der Waals surface area contributed by atoms with Crippen molar-refractivity contribution in [3.8, 4) is 0 Å². The number of carboxylic acid groups (broad SMARTS) is 1. The fraction of sp³-hybridized carbons (Fsp3) is 0.308. The second-order valence-electron chi connectivity index (χ2n) is 5.01. The van der Waals surface area contributed by atoms with Crippen LogP contribution in [0.5, 0.6) is 0 Å². The molecule has 132 valence electrons. The summed E-state index contributed by atoms with van der Waals surface area (Å²) >= 11 is 2.36. The van der Waals surface area contributed by atoms with E-state index in [0.717, 1.165) is 16.4 Å². The number of aliphatic carboxylic acids is 1. The molecule has 4 N–H and O–H groups in total. The highest BCUT2D eigenvalue weighted by Crippen LogP contribution is 2.37. The van der Waals surface area contributed by atoms with Gasteiger partial charge in [0.2, 0.25) is 0 Å². The predicted octanol–water partition coefficient (Wildman–Crippen LogP) is -0.556. The van der Waals surface area contributed by atoms with Gasteiger partial charge in [-0.3, -0.25) is 14.5 Å². The number of nitrogen functional groups attached to an aromatic ring is 1. The molecule has 2 aliphatic rings. The van der Waals surface area contributed by atoms with Gasteiger partial charge in [0.15, 0.2) is 5.71 Å². The number of hydrogen-bond acceptors (Lipinski definition) is 9. The van der Waals surface area contributed by atoms with E-state index in [1.54, 1.807) is 0 Å². The number of fused-ring (bicyclic) bond motifs is 1. The molecule has 0 saturated carbocycles. The lowest BCUT2D eigenvalue weighted by Gasteiger charge is -2.48. The van der Waals surface area contributed by atoms with E-state index in [1.165, 1.54) is 31.0 Å². The van der Waals surface area contributed by atoms with E-state index in [2.05, 4.69) is 19.7 Å². The van der Waals surface area contributed by atoms with Crippen LogP contribution in [0.2, 0.25) is 0 Å². The van der Waals surface area contributed by atoms with Crippen molar-refractivity contribution in [2.45, 2.75) is 11.4 Å². The molecule has 1 aromatic rings. The predicted molar refractivity (Wildman–Crippen MR) is 90.8 cm³/mol. The second-order valence-corrected chi connectivity index (χ2v) is 7.00. The molecule has 25 heavy (non-hydrogen) atoms. The van der Waals surface area contributed by atoms with Gasteiger partial charge >= 0.3 is 5.97 Å². The number of nitrogens with zero attached hydrogens (tertiary/aromatic N) is 3. The molecule has 10 nitrogen and oxygen atoms in total. The molecule has 0 aromatic carbocycles. The molecule has 2 aliphatic heterocycles. The third kappa shape index (κ3) is 3.05. The summed E-state index contributed by atoms with van der Waals surface area (Å²) in [4.78, 5) is 41.7. The summed E-state index contributed by atoms with van der Waals surface area (Å²) < 4.78 is 4.00. The molecule has 0 bridgehead atoms. The highest BCUT2D eigenvalue weighted by Gasteiger charge is 2.53. The van der Waals surface area contributed by atoms with Crippen molar-refractivity contribution in [3.05, 3.63) is 23.5 Å². The Bertz CT molecular complexity index is 804. The average Bonchev–Trinajstić information content (AvgIpc) is 3.02. The van der Waals surface area contributed by atoms with Gasteiger partial charge in [-0.2, -0.15) is 4.37 Å². The Balaban J connectivity index is 1.75. The number of nitrogens with one attached hydrogen (secondary N) is 1. The summed E-state index contributed by atoms with van der Waals surface area (Å²) in [5.74, 6) is -1.89. The van der Waals surface area contributed by atoms with Gasteiger partial charge in [0.05, 0.1) is 0 Å². The van der Waals surface area contributed by atoms with Crippen LogP contribution in [0.15, 0.2) is 23.0 Å². The third-order valence-electron chi connectivity index (χ3n) is 3.52. The summed E-state index contributed by atoms with van der Waals surface area (Å²) in [6.07, 6.45) is 1.47. The fourth-order valence-corrected chi connectivity index (χ4v) is 4.15. The van der Waals surface area contributed by atoms with E-state index in [4.69, 9.17) is 10.8 Å². The molecule has 3 rings (SSSR count). The topological polar surface area (TPSA) is 147 Å². The molecule has 2 atom stereocenters. The SMILES string of the molecule is CO/N=C(\C(=O)N[C@@H]1C(=O)N2C(C(=O)O)=CCS[C@H]12)c1cc(N)sn1. The Kier molecular flexibility index (Phi) is 4.63. The zero-order valence-electron chi connectivity index (χ0n) is 12.8. The molecule has 3 heterocycles. The lowest BCUT2D eigenvalue weighted by Crippen LogP contribution is -2.70. The molecule has 12 heteroatoms. The average molecular weight is 383 g/mol. The standard InChI is InChI=1S/C13H13N5O5S2/c1-23-16-8(5-4-7(14)25-17-5)10(19)15-9-11(20)18-6(13(21)22)2-3-24-12(9)18/h2,4,9,12H,3,14H2,1H3,(H,15,19)(H,21,22)/b16-8-/t9-,12-/m1/s1. The maximum Gasteiger partial charge on any atom is 0.352 e. The van der Waals surface area contributed by atoms with Crippen LogP contribution < -0.4 is 11.1 Å². The van der Waals surface area contributed by atoms with Crippen molar-refractivity contribution in [2.24, 2.45) is 5.16 Å². The van der Waals surface area contributed by atoms with Crippen LogP contribution >= 0.6 is 23.3 Å². The molecule has 1 aromatic heterocycles. The van der Waals surface area contributed by atoms with Crippen LogP contribution in [0.25, 0.3) is 0 Å². The first-order valence-corrected chi connectivity index (χ1v) is 8.79. The maximum atomic E-state index is 12.5. The minimum atomic E-state index is -1.18. The molecule has 0 aliphatic carbocycles. The minimum Gasteiger partial charge on any atom is -0.477 e. The number of carbonyl (C=O) groups excluding carboxylic acids is 2. The van der Waals surface area contributed by atoms with Gasteiger partial charge in [0.25, 0.3) is 11.8 Å². The van der Waals surface area contributed by atoms with Crippen molar-refractivity contribution < 1.29 is 24.3 Å². The van der Waals surface area contributed by atoms with E-state index in [1.807, 2.05) is 0 Å². The van der Waals surface area contributed by atoms with E-state index < -0.39 is 29.2 Å². The smallest absolute Gasteiger partial charge is 0.352 e. The van der Waals surface area contributed by atoms with Crippen LogP contribution in [0, 0.1) is 0 Å². The zero-order valence-corrected chi connectivity index (χ0v) is 14.5. The van der Waals surface area contributed by atoms with Gasteiger partial charge < -0.3 is 21.0 Å². The Hall–Kier alpha value is -2.60. The number of carboxylic acids is 1. The monoisotopic (exact) mass is 383 g/mol. The summed E-state index contributed by atoms with van der Waals surface area (Å²) in [5, 5.41) is 15.3. The van der Waals surface area contributed by atoms with E-state index in [0.29, 0.717) is 10.8 Å². The molecule has 0 unspecified atom stereocenters. The van der Waals surface area contributed by atoms with E-state index in [-0.39, 0.29) is 17.1 Å². The normalized spacial score (nSPS) is 22.6. The number of nitrogens with two attached hydrogens (primary N) is 1. The minimum absolute atomic E-state index is 0.0719. The van der Waals surface area contributed by atoms with Crippen LogP contribution in [0.3, 0.4) is 0 Å². The number of hydrogen-bond donors (Lipinski definition) is 3. The molecule has 1 saturated heterocycles. The lowest BCUT2D eigenvalue weighted by molar-refractivity contribution is -0.150. The molecule has 0 spiro atoms. The van der Waals surface area contributed by atoms with Crippen molar-refractivity contribution in [3.63, 3.8) is 0 Å². The molecular formula is C13H13N5O5S2. The first kappa shape index (κ1) is 17.2. The molecule has 2 amide bonds. The van der Waals surface area contributed by atoms with Crippen molar-refractivity contribution in [1.29, 1.82) is 0 Å². The van der Waals surface area contributed by atoms with Crippen molar-refractivity contribution >= 4 is 51.8 Å². The van der Waals surface area contributed by atoms with Gasteiger partial charge in [-0.15, -0.1) is 11.8 Å². The largest absolute Gasteiger partial charge is 0.477 e. The summed E-state index contributed by atoms with van der Waals surface area (Å²) in [6, 6.07) is 0.621. The fourth-order valence-electron chi connectivity index (χ4n) is 2.44. The summed E-state index contributed by atoms with van der Waals surface area (Å²) in [6.45, 7) is 0. The van der Waals surface area contributed by atoms with Gasteiger partial charge in [-0.05, 0) is 17.6 Å². The van der Waals surface area contributed by atoms with Crippen LogP contribution in [0.4, 0.5) is 5.00 Å². The number of rotatable bonds is 5. The highest BCUT2D eigenvalue weighted by atomic mass is 32.2. The van der Waals surface area contributed by atoms with Crippen LogP contribution in [-0.4, -0.2) is 62.2 Å². The van der Waals surface area contributed by atoms with Crippen LogP contribution in [-0.2, 0) is 19.2 Å². The van der Waals surface area contributed by atoms with Crippen molar-refractivity contribution in [1.82, 2.24) is 14.6 Å². The number of anilines is 1. The number of β-lactam (4-membered cyclic amide) rings is 1. The van der Waals surface area contributed by atoms with Gasteiger partial charge in [0, 0.05) is 11.8 Å². The van der Waals surface area contributed by atoms with E-state index >= 15 is 0 Å². The third-order valence-corrected chi connectivity index (χ3v) is 5.32. The van der Waals surface area contributed by atoms with Crippen molar-refractivity contribution in [2.75, 3.05) is 18.6 Å². The van der Waals surface area contributed by atoms with Gasteiger partial charge in [-0.25, -0.2) is 4.79 Å². The first-order chi connectivity index (χ1) is 11.9. The summed E-state index contributed by atoms with van der Waals surface area (Å²) in [7, 11) is 1.28. The number of thioether (sulfide) groups is 1. The molecular weight excluding hydrogens is 370 g/mol. The molecule has 0 radical (unpaired) electrons. The number of carbonyl (C=O) groups is 3. The van der Waals surface area contributed by atoms with E-state index in [9.17, 15) is 14.4 Å². The van der Waals surface area contributed by atoms with Gasteiger partial charge in [0.1, 0.15) is 34.9 Å². The molecule has 1 fully saturated rings. The number of oxime groups is 1. The number of amides is 2. The zero-order chi connectivity index (χ0) is 18.1. The maximum absolute atomic E-state index is 12.5.